The van der Waals surface area contributed by atoms with E-state index in [0.29, 0.717) is 28.2 Å². The van der Waals surface area contributed by atoms with Crippen LogP contribution in [0.15, 0.2) is 57.9 Å². The average molecular weight is 318 g/mol. The highest BCUT2D eigenvalue weighted by Crippen LogP contribution is 2.28. The zero-order valence-electron chi connectivity index (χ0n) is 11.0. The van der Waals surface area contributed by atoms with E-state index in [9.17, 15) is 0 Å². The van der Waals surface area contributed by atoms with Gasteiger partial charge in [0, 0.05) is 10.5 Å². The van der Waals surface area contributed by atoms with E-state index < -0.39 is 0 Å². The van der Waals surface area contributed by atoms with E-state index in [-0.39, 0.29) is 0 Å². The topological polar surface area (TPSA) is 64.9 Å². The van der Waals surface area contributed by atoms with Gasteiger partial charge >= 0.3 is 0 Å². The van der Waals surface area contributed by atoms with Gasteiger partial charge in [-0.15, -0.1) is 11.8 Å². The molecule has 2 N–H and O–H groups in total. The highest BCUT2D eigenvalue weighted by Gasteiger charge is 2.09. The Labute approximate surface area is 131 Å². The summed E-state index contributed by atoms with van der Waals surface area (Å²) in [5.74, 6) is 1.78. The minimum absolute atomic E-state index is 0.529. The summed E-state index contributed by atoms with van der Waals surface area (Å²) < 4.78 is 5.26. The Hall–Kier alpha value is -1.98. The van der Waals surface area contributed by atoms with Gasteiger partial charge in [0.25, 0.3) is 5.89 Å². The first kappa shape index (κ1) is 14.0. The number of nitrogens with two attached hydrogens (primary N) is 1. The number of anilines is 1. The number of aromatic nitrogens is 2. The maximum atomic E-state index is 5.99. The molecule has 0 unspecified atom stereocenters. The molecule has 0 aliphatic heterocycles. The van der Waals surface area contributed by atoms with Crippen LogP contribution in [0.1, 0.15) is 5.82 Å². The Kier molecular flexibility index (Phi) is 4.13. The number of benzene rings is 2. The van der Waals surface area contributed by atoms with E-state index >= 15 is 0 Å². The van der Waals surface area contributed by atoms with E-state index in [1.165, 1.54) is 0 Å². The number of thioether (sulfide) groups is 1. The number of halogens is 1. The van der Waals surface area contributed by atoms with Gasteiger partial charge in [0.1, 0.15) is 0 Å². The summed E-state index contributed by atoms with van der Waals surface area (Å²) in [6, 6.07) is 15.2. The molecule has 0 saturated heterocycles. The van der Waals surface area contributed by atoms with E-state index in [1.807, 2.05) is 42.5 Å². The SMILES string of the molecule is Nc1ccc(SCc2noc(-c3ccccc3)n2)cc1Cl. The molecule has 0 bridgehead atoms. The van der Waals surface area contributed by atoms with Gasteiger partial charge < -0.3 is 10.3 Å². The van der Waals surface area contributed by atoms with Crippen molar-refractivity contribution in [3.05, 3.63) is 59.4 Å². The van der Waals surface area contributed by atoms with Crippen molar-refractivity contribution in [1.29, 1.82) is 0 Å². The highest BCUT2D eigenvalue weighted by atomic mass is 35.5. The van der Waals surface area contributed by atoms with Crippen molar-refractivity contribution >= 4 is 29.1 Å². The van der Waals surface area contributed by atoms with Crippen molar-refractivity contribution in [2.24, 2.45) is 0 Å². The molecule has 0 amide bonds. The number of rotatable bonds is 4. The molecule has 2 aromatic carbocycles. The molecule has 0 radical (unpaired) electrons. The molecular formula is C15H12ClN3OS. The fraction of sp³-hybridized carbons (Fsp3) is 0.0667. The fourth-order valence-electron chi connectivity index (χ4n) is 1.76. The number of hydrogen-bond acceptors (Lipinski definition) is 5. The van der Waals surface area contributed by atoms with Gasteiger partial charge in [-0.1, -0.05) is 35.0 Å². The van der Waals surface area contributed by atoms with Crippen molar-refractivity contribution in [1.82, 2.24) is 10.1 Å². The molecule has 106 valence electrons. The molecule has 0 atom stereocenters. The lowest BCUT2D eigenvalue weighted by Crippen LogP contribution is -1.87. The van der Waals surface area contributed by atoms with Crippen LogP contribution < -0.4 is 5.73 Å². The quantitative estimate of drug-likeness (QED) is 0.575. The first-order valence-corrected chi connectivity index (χ1v) is 7.64. The number of nitrogen functional groups attached to an aromatic ring is 1. The summed E-state index contributed by atoms with van der Waals surface area (Å²) in [4.78, 5) is 5.39. The third-order valence-electron chi connectivity index (χ3n) is 2.83. The van der Waals surface area contributed by atoms with Gasteiger partial charge in [-0.05, 0) is 30.3 Å². The average Bonchev–Trinajstić information content (AvgIpc) is 2.98. The van der Waals surface area contributed by atoms with Crippen LogP contribution in [0.3, 0.4) is 0 Å². The molecule has 3 aromatic rings. The zero-order chi connectivity index (χ0) is 14.7. The van der Waals surface area contributed by atoms with Crippen molar-refractivity contribution in [3.8, 4) is 11.5 Å². The van der Waals surface area contributed by atoms with Gasteiger partial charge in [0.2, 0.25) is 0 Å². The second-order valence-electron chi connectivity index (χ2n) is 4.35. The van der Waals surface area contributed by atoms with Crippen molar-refractivity contribution in [2.75, 3.05) is 5.73 Å². The van der Waals surface area contributed by atoms with Crippen molar-refractivity contribution in [2.45, 2.75) is 10.6 Å². The third kappa shape index (κ3) is 3.37. The molecule has 4 nitrogen and oxygen atoms in total. The van der Waals surface area contributed by atoms with E-state index in [4.69, 9.17) is 21.9 Å². The van der Waals surface area contributed by atoms with Gasteiger partial charge in [0.05, 0.1) is 16.5 Å². The maximum absolute atomic E-state index is 5.99. The lowest BCUT2D eigenvalue weighted by molar-refractivity contribution is 0.425. The van der Waals surface area contributed by atoms with Crippen LogP contribution in [0, 0.1) is 0 Å². The second kappa shape index (κ2) is 6.20. The van der Waals surface area contributed by atoms with E-state index in [1.54, 1.807) is 17.8 Å². The van der Waals surface area contributed by atoms with Crippen LogP contribution in [0.2, 0.25) is 5.02 Å². The van der Waals surface area contributed by atoms with Crippen LogP contribution in [-0.2, 0) is 5.75 Å². The molecule has 0 saturated carbocycles. The monoisotopic (exact) mass is 317 g/mol. The molecule has 0 aliphatic carbocycles. The van der Waals surface area contributed by atoms with Crippen molar-refractivity contribution in [3.63, 3.8) is 0 Å². The number of nitrogens with zero attached hydrogens (tertiary/aromatic N) is 2. The molecule has 0 aliphatic rings. The van der Waals surface area contributed by atoms with Gasteiger partial charge in [-0.2, -0.15) is 4.98 Å². The fourth-order valence-corrected chi connectivity index (χ4v) is 2.78. The molecule has 1 heterocycles. The smallest absolute Gasteiger partial charge is 0.257 e. The largest absolute Gasteiger partial charge is 0.398 e. The first-order valence-electron chi connectivity index (χ1n) is 6.28. The maximum Gasteiger partial charge on any atom is 0.257 e. The van der Waals surface area contributed by atoms with Crippen LogP contribution in [0.5, 0.6) is 0 Å². The van der Waals surface area contributed by atoms with Crippen LogP contribution in [0.4, 0.5) is 5.69 Å². The molecule has 1 aromatic heterocycles. The standard InChI is InChI=1S/C15H12ClN3OS/c16-12-8-11(6-7-13(12)17)21-9-14-18-15(20-19-14)10-4-2-1-3-5-10/h1-8H,9,17H2. The first-order chi connectivity index (χ1) is 10.2. The molecular weight excluding hydrogens is 306 g/mol. The summed E-state index contributed by atoms with van der Waals surface area (Å²) >= 11 is 7.57. The molecule has 3 rings (SSSR count). The van der Waals surface area contributed by atoms with Crippen molar-refractivity contribution < 1.29 is 4.52 Å². The van der Waals surface area contributed by atoms with Gasteiger partial charge in [0.15, 0.2) is 5.82 Å². The Bertz CT molecular complexity index is 746. The molecule has 21 heavy (non-hydrogen) atoms. The predicted molar refractivity (Wildman–Crippen MR) is 85.2 cm³/mol. The Morgan fingerprint density at radius 3 is 2.71 bits per heavy atom. The lowest BCUT2D eigenvalue weighted by Gasteiger charge is -2.01. The van der Waals surface area contributed by atoms with Gasteiger partial charge in [-0.3, -0.25) is 0 Å². The van der Waals surface area contributed by atoms with E-state index in [0.717, 1.165) is 10.5 Å². The summed E-state index contributed by atoms with van der Waals surface area (Å²) in [7, 11) is 0. The van der Waals surface area contributed by atoms with Crippen LogP contribution in [-0.4, -0.2) is 10.1 Å². The lowest BCUT2D eigenvalue weighted by atomic mass is 10.2. The minimum Gasteiger partial charge on any atom is -0.398 e. The van der Waals surface area contributed by atoms with Crippen LogP contribution in [0.25, 0.3) is 11.5 Å². The Morgan fingerprint density at radius 2 is 1.95 bits per heavy atom. The minimum atomic E-state index is 0.529. The molecule has 6 heteroatoms. The molecule has 0 fully saturated rings. The summed E-state index contributed by atoms with van der Waals surface area (Å²) in [6.45, 7) is 0. The zero-order valence-corrected chi connectivity index (χ0v) is 12.6. The Morgan fingerprint density at radius 1 is 1.14 bits per heavy atom. The second-order valence-corrected chi connectivity index (χ2v) is 5.81. The molecule has 0 spiro atoms. The predicted octanol–water partition coefficient (Wildman–Crippen LogP) is 4.26. The number of hydrogen-bond donors (Lipinski definition) is 1. The van der Waals surface area contributed by atoms with E-state index in [2.05, 4.69) is 10.1 Å². The highest BCUT2D eigenvalue weighted by molar-refractivity contribution is 7.98. The Balaban J connectivity index is 1.69. The summed E-state index contributed by atoms with van der Waals surface area (Å²) in [5.41, 5.74) is 7.17. The van der Waals surface area contributed by atoms with Crippen LogP contribution >= 0.6 is 23.4 Å². The third-order valence-corrected chi connectivity index (χ3v) is 4.15. The van der Waals surface area contributed by atoms with Gasteiger partial charge in [-0.25, -0.2) is 0 Å². The normalized spacial score (nSPS) is 10.7. The summed E-state index contributed by atoms with van der Waals surface area (Å²) in [6.07, 6.45) is 0. The summed E-state index contributed by atoms with van der Waals surface area (Å²) in [5, 5.41) is 4.54.